The zero-order valence-electron chi connectivity index (χ0n) is 4.23. The van der Waals surface area contributed by atoms with Gasteiger partial charge in [-0.3, -0.25) is 4.70 Å². The van der Waals surface area contributed by atoms with Crippen LogP contribution in [0.15, 0.2) is 36.4 Å². The fraction of sp³-hybridized carbons (Fsp3) is 0. The predicted molar refractivity (Wildman–Crippen MR) is 28.9 cm³/mol. The second-order valence-electron chi connectivity index (χ2n) is 1.15. The van der Waals surface area contributed by atoms with E-state index in [4.69, 9.17) is 0 Å². The summed E-state index contributed by atoms with van der Waals surface area (Å²) in [4.78, 5) is 0. The van der Waals surface area contributed by atoms with Crippen molar-refractivity contribution in [3.05, 3.63) is 36.4 Å². The molecule has 2 heteroatoms. The van der Waals surface area contributed by atoms with E-state index in [1.807, 2.05) is 36.4 Å². The summed E-state index contributed by atoms with van der Waals surface area (Å²) in [7, 11) is 0. The molecule has 0 amide bonds. The Morgan fingerprint density at radius 3 is 0.750 bits per heavy atom. The minimum absolute atomic E-state index is 0. The molecule has 8 heavy (non-hydrogen) atoms. The fourth-order valence-corrected chi connectivity index (χ4v) is 0.385. The summed E-state index contributed by atoms with van der Waals surface area (Å²) in [6.07, 6.45) is 0. The molecule has 0 aliphatic heterocycles. The normalized spacial score (nSPS) is 6.00. The van der Waals surface area contributed by atoms with Crippen LogP contribution in [-0.2, 0) is 19.5 Å². The van der Waals surface area contributed by atoms with Gasteiger partial charge in [0.15, 0.2) is 0 Å². The van der Waals surface area contributed by atoms with Crippen molar-refractivity contribution in [1.82, 2.24) is 0 Å². The molecule has 0 nitrogen and oxygen atoms in total. The molecule has 0 aromatic heterocycles. The third-order valence-corrected chi connectivity index (χ3v) is 0.667. The standard InChI is InChI=1S/C6H6.FH.Ru/c1-2-4-6-5-3-1;;/h1-6H;1H;. The summed E-state index contributed by atoms with van der Waals surface area (Å²) in [6.45, 7) is 0. The van der Waals surface area contributed by atoms with Crippen LogP contribution in [0.3, 0.4) is 0 Å². The molecule has 46 valence electrons. The molecule has 1 aromatic carbocycles. The molecule has 0 unspecified atom stereocenters. The maximum Gasteiger partial charge on any atom is 0 e. The SMILES string of the molecule is F.[Ru].c1ccccc1. The van der Waals surface area contributed by atoms with E-state index in [9.17, 15) is 0 Å². The number of rotatable bonds is 0. The van der Waals surface area contributed by atoms with Gasteiger partial charge in [-0.05, 0) is 0 Å². The van der Waals surface area contributed by atoms with Crippen molar-refractivity contribution in [2.75, 3.05) is 0 Å². The van der Waals surface area contributed by atoms with Crippen LogP contribution in [-0.4, -0.2) is 0 Å². The van der Waals surface area contributed by atoms with Gasteiger partial charge in [-0.2, -0.15) is 0 Å². The Kier molecular flexibility index (Phi) is 9.06. The summed E-state index contributed by atoms with van der Waals surface area (Å²) in [6, 6.07) is 12.0. The predicted octanol–water partition coefficient (Wildman–Crippen LogP) is 1.84. The van der Waals surface area contributed by atoms with Gasteiger partial charge in [0, 0.05) is 19.5 Å². The van der Waals surface area contributed by atoms with E-state index in [0.29, 0.717) is 0 Å². The van der Waals surface area contributed by atoms with E-state index in [1.165, 1.54) is 0 Å². The molecule has 0 aliphatic carbocycles. The van der Waals surface area contributed by atoms with Gasteiger partial charge in [-0.1, -0.05) is 36.4 Å². The van der Waals surface area contributed by atoms with Crippen molar-refractivity contribution >= 4 is 0 Å². The molecule has 0 saturated heterocycles. The molecule has 0 fully saturated rings. The van der Waals surface area contributed by atoms with Crippen molar-refractivity contribution in [3.63, 3.8) is 0 Å². The van der Waals surface area contributed by atoms with Crippen LogP contribution in [0, 0.1) is 0 Å². The summed E-state index contributed by atoms with van der Waals surface area (Å²) < 4.78 is 0. The molecule has 1 aromatic rings. The molecule has 0 aliphatic rings. The number of hydrogen-bond acceptors (Lipinski definition) is 0. The Hall–Kier alpha value is -0.227. The Labute approximate surface area is 61.0 Å². The van der Waals surface area contributed by atoms with Crippen LogP contribution in [0.4, 0.5) is 4.70 Å². The van der Waals surface area contributed by atoms with Crippen LogP contribution in [0.25, 0.3) is 0 Å². The number of halogens is 1. The van der Waals surface area contributed by atoms with E-state index in [1.54, 1.807) is 0 Å². The zero-order chi connectivity index (χ0) is 4.24. The van der Waals surface area contributed by atoms with Crippen molar-refractivity contribution in [1.29, 1.82) is 0 Å². The second-order valence-corrected chi connectivity index (χ2v) is 1.15. The topological polar surface area (TPSA) is 0 Å². The van der Waals surface area contributed by atoms with Gasteiger partial charge in [0.2, 0.25) is 0 Å². The first kappa shape index (κ1) is 10.7. The van der Waals surface area contributed by atoms with Crippen LogP contribution >= 0.6 is 0 Å². The average molecular weight is 199 g/mol. The molecule has 0 bridgehead atoms. The van der Waals surface area contributed by atoms with E-state index < -0.39 is 0 Å². The largest absolute Gasteiger partial charge is 0.269 e. The van der Waals surface area contributed by atoms with Gasteiger partial charge >= 0.3 is 0 Å². The quantitative estimate of drug-likeness (QED) is 0.559. The first-order chi connectivity index (χ1) is 3.00. The summed E-state index contributed by atoms with van der Waals surface area (Å²) in [5.74, 6) is 0. The second kappa shape index (κ2) is 6.77. The molecule has 0 saturated carbocycles. The summed E-state index contributed by atoms with van der Waals surface area (Å²) in [5.41, 5.74) is 0. The number of hydrogen-bond donors (Lipinski definition) is 0. The van der Waals surface area contributed by atoms with Crippen LogP contribution < -0.4 is 0 Å². The fourth-order valence-electron chi connectivity index (χ4n) is 0.385. The van der Waals surface area contributed by atoms with Gasteiger partial charge in [-0.25, -0.2) is 0 Å². The van der Waals surface area contributed by atoms with Crippen LogP contribution in [0.2, 0.25) is 0 Å². The molecular formula is C6H7FRu. The van der Waals surface area contributed by atoms with Crippen LogP contribution in [0.5, 0.6) is 0 Å². The monoisotopic (exact) mass is 200 g/mol. The first-order valence-electron chi connectivity index (χ1n) is 2.00. The van der Waals surface area contributed by atoms with Gasteiger partial charge in [-0.15, -0.1) is 0 Å². The Morgan fingerprint density at radius 2 is 0.625 bits per heavy atom. The molecule has 0 heterocycles. The zero-order valence-corrected chi connectivity index (χ0v) is 5.96. The van der Waals surface area contributed by atoms with Gasteiger partial charge in [0.05, 0.1) is 0 Å². The van der Waals surface area contributed by atoms with Crippen molar-refractivity contribution in [2.24, 2.45) is 0 Å². The van der Waals surface area contributed by atoms with Gasteiger partial charge in [0.1, 0.15) is 0 Å². The molecule has 0 spiro atoms. The Bertz CT molecular complexity index is 80.5. The van der Waals surface area contributed by atoms with Gasteiger partial charge < -0.3 is 0 Å². The minimum atomic E-state index is 0. The Balaban J connectivity index is 0. The van der Waals surface area contributed by atoms with E-state index in [0.717, 1.165) is 0 Å². The molecule has 0 radical (unpaired) electrons. The summed E-state index contributed by atoms with van der Waals surface area (Å²) in [5, 5.41) is 0. The van der Waals surface area contributed by atoms with Crippen molar-refractivity contribution in [2.45, 2.75) is 0 Å². The van der Waals surface area contributed by atoms with Crippen LogP contribution in [0.1, 0.15) is 0 Å². The number of benzene rings is 1. The molecular weight excluding hydrogens is 192 g/mol. The van der Waals surface area contributed by atoms with Crippen molar-refractivity contribution < 1.29 is 24.2 Å². The summed E-state index contributed by atoms with van der Waals surface area (Å²) >= 11 is 0. The van der Waals surface area contributed by atoms with E-state index in [-0.39, 0.29) is 24.2 Å². The minimum Gasteiger partial charge on any atom is -0.269 e. The van der Waals surface area contributed by atoms with E-state index in [2.05, 4.69) is 0 Å². The first-order valence-corrected chi connectivity index (χ1v) is 2.00. The third-order valence-electron chi connectivity index (χ3n) is 0.667. The maximum absolute atomic E-state index is 2.00. The maximum atomic E-state index is 2.00. The van der Waals surface area contributed by atoms with Gasteiger partial charge in [0.25, 0.3) is 0 Å². The average Bonchev–Trinajstić information content (AvgIpc) is 1.72. The Morgan fingerprint density at radius 1 is 0.500 bits per heavy atom. The smallest absolute Gasteiger partial charge is 0 e. The molecule has 0 atom stereocenters. The van der Waals surface area contributed by atoms with E-state index >= 15 is 0 Å². The third kappa shape index (κ3) is 3.95. The molecule has 0 N–H and O–H groups in total. The molecule has 1 rings (SSSR count). The van der Waals surface area contributed by atoms with Crippen molar-refractivity contribution in [3.8, 4) is 0 Å².